The van der Waals surface area contributed by atoms with E-state index in [1.807, 2.05) is 30.3 Å². The molecule has 0 aliphatic rings. The highest BCUT2D eigenvalue weighted by Crippen LogP contribution is 2.11. The molecule has 0 aromatic heterocycles. The summed E-state index contributed by atoms with van der Waals surface area (Å²) in [5.41, 5.74) is 3.38. The molecule has 0 amide bonds. The highest BCUT2D eigenvalue weighted by Gasteiger charge is 1.92. The molecule has 0 fully saturated rings. The molecule has 0 saturated heterocycles. The van der Waals surface area contributed by atoms with Gasteiger partial charge in [0, 0.05) is 6.54 Å². The van der Waals surface area contributed by atoms with Crippen LogP contribution in [0.3, 0.4) is 0 Å². The molecule has 1 rings (SSSR count). The van der Waals surface area contributed by atoms with Crippen molar-refractivity contribution in [2.75, 3.05) is 0 Å². The van der Waals surface area contributed by atoms with Gasteiger partial charge in [0.1, 0.15) is 0 Å². The van der Waals surface area contributed by atoms with Crippen molar-refractivity contribution in [3.05, 3.63) is 35.9 Å². The van der Waals surface area contributed by atoms with Gasteiger partial charge >= 0.3 is 8.25 Å². The Labute approximate surface area is 71.1 Å². The molecule has 0 aliphatic heterocycles. The standard InChI is InChI=1S/C7H10NO3P/c9-12(10)11-8-6-7-4-2-1-3-5-7/h1-5,8,12H,6H2,(H,9,10). The van der Waals surface area contributed by atoms with Gasteiger partial charge in [0.25, 0.3) is 0 Å². The molecule has 1 aromatic carbocycles. The Hall–Kier alpha value is -0.670. The number of benzene rings is 1. The Bertz CT molecular complexity index is 252. The van der Waals surface area contributed by atoms with Crippen molar-refractivity contribution in [1.82, 2.24) is 5.48 Å². The maximum atomic E-state index is 10.1. The lowest BCUT2D eigenvalue weighted by Gasteiger charge is -2.01. The Morgan fingerprint density at radius 1 is 1.42 bits per heavy atom. The van der Waals surface area contributed by atoms with E-state index in [9.17, 15) is 4.57 Å². The second-order valence-electron chi connectivity index (χ2n) is 2.17. The van der Waals surface area contributed by atoms with Gasteiger partial charge in [-0.3, -0.25) is 4.57 Å². The summed E-state index contributed by atoms with van der Waals surface area (Å²) in [6.07, 6.45) is 0. The third-order valence-electron chi connectivity index (χ3n) is 1.28. The molecule has 66 valence electrons. The molecule has 0 spiro atoms. The van der Waals surface area contributed by atoms with Crippen molar-refractivity contribution in [1.29, 1.82) is 0 Å². The molecule has 4 nitrogen and oxygen atoms in total. The van der Waals surface area contributed by atoms with Crippen LogP contribution in [0, 0.1) is 0 Å². The lowest BCUT2D eigenvalue weighted by molar-refractivity contribution is 0.177. The normalized spacial score (nSPS) is 12.8. The van der Waals surface area contributed by atoms with Gasteiger partial charge in [-0.2, -0.15) is 5.48 Å². The van der Waals surface area contributed by atoms with Crippen molar-refractivity contribution in [3.8, 4) is 0 Å². The predicted octanol–water partition coefficient (Wildman–Crippen LogP) is 1.09. The van der Waals surface area contributed by atoms with Crippen LogP contribution >= 0.6 is 8.25 Å². The van der Waals surface area contributed by atoms with E-state index in [4.69, 9.17) is 4.89 Å². The van der Waals surface area contributed by atoms with Gasteiger partial charge in [-0.15, -0.1) is 0 Å². The number of rotatable bonds is 4. The summed E-state index contributed by atoms with van der Waals surface area (Å²) in [5.74, 6) is 0. The van der Waals surface area contributed by atoms with Crippen LogP contribution in [-0.4, -0.2) is 4.89 Å². The first-order chi connectivity index (χ1) is 5.79. The van der Waals surface area contributed by atoms with Crippen LogP contribution in [0.5, 0.6) is 0 Å². The Morgan fingerprint density at radius 2 is 2.08 bits per heavy atom. The molecule has 2 N–H and O–H groups in total. The SMILES string of the molecule is O=[PH](O)ONCc1ccccc1. The zero-order valence-electron chi connectivity index (χ0n) is 6.36. The summed E-state index contributed by atoms with van der Waals surface area (Å²) >= 11 is 0. The Morgan fingerprint density at radius 3 is 2.67 bits per heavy atom. The first kappa shape index (κ1) is 9.42. The largest absolute Gasteiger partial charge is 0.332 e. The van der Waals surface area contributed by atoms with Crippen LogP contribution < -0.4 is 5.48 Å². The summed E-state index contributed by atoms with van der Waals surface area (Å²) in [6, 6.07) is 9.47. The molecular formula is C7H10NO3P. The van der Waals surface area contributed by atoms with Crippen LogP contribution in [0.2, 0.25) is 0 Å². The van der Waals surface area contributed by atoms with Crippen molar-refractivity contribution in [2.45, 2.75) is 6.54 Å². The van der Waals surface area contributed by atoms with Crippen LogP contribution in [0.4, 0.5) is 0 Å². The summed E-state index contributed by atoms with van der Waals surface area (Å²) in [7, 11) is -2.87. The van der Waals surface area contributed by atoms with Crippen molar-refractivity contribution >= 4 is 8.25 Å². The number of nitrogens with one attached hydrogen (secondary N) is 1. The summed E-state index contributed by atoms with van der Waals surface area (Å²) in [4.78, 5) is 8.29. The molecule has 0 saturated carbocycles. The first-order valence-corrected chi connectivity index (χ1v) is 4.72. The summed E-state index contributed by atoms with van der Waals surface area (Å²) in [6.45, 7) is 0.428. The fourth-order valence-corrected chi connectivity index (χ4v) is 0.973. The molecule has 0 aliphatic carbocycles. The van der Waals surface area contributed by atoms with Gasteiger partial charge < -0.3 is 4.89 Å². The average molecular weight is 187 g/mol. The van der Waals surface area contributed by atoms with Crippen molar-refractivity contribution in [2.24, 2.45) is 0 Å². The lowest BCUT2D eigenvalue weighted by atomic mass is 10.2. The molecule has 5 heteroatoms. The van der Waals surface area contributed by atoms with Gasteiger partial charge in [0.2, 0.25) is 0 Å². The van der Waals surface area contributed by atoms with E-state index < -0.39 is 8.25 Å². The van der Waals surface area contributed by atoms with Gasteiger partial charge in [0.15, 0.2) is 0 Å². The molecule has 1 atom stereocenters. The van der Waals surface area contributed by atoms with E-state index in [1.165, 1.54) is 0 Å². The minimum Gasteiger partial charge on any atom is -0.325 e. The van der Waals surface area contributed by atoms with Crippen LogP contribution in [-0.2, 0) is 15.7 Å². The number of hydroxylamine groups is 1. The smallest absolute Gasteiger partial charge is 0.325 e. The molecule has 12 heavy (non-hydrogen) atoms. The van der Waals surface area contributed by atoms with Gasteiger partial charge in [-0.1, -0.05) is 30.3 Å². The molecule has 0 bridgehead atoms. The third kappa shape index (κ3) is 3.64. The van der Waals surface area contributed by atoms with Crippen molar-refractivity contribution in [3.63, 3.8) is 0 Å². The first-order valence-electron chi connectivity index (χ1n) is 3.45. The predicted molar refractivity (Wildman–Crippen MR) is 45.6 cm³/mol. The quantitative estimate of drug-likeness (QED) is 0.547. The maximum Gasteiger partial charge on any atom is 0.332 e. The van der Waals surface area contributed by atoms with E-state index in [1.54, 1.807) is 0 Å². The zero-order valence-corrected chi connectivity index (χ0v) is 7.36. The fraction of sp³-hybridized carbons (Fsp3) is 0.143. The topological polar surface area (TPSA) is 58.6 Å². The van der Waals surface area contributed by atoms with E-state index >= 15 is 0 Å². The van der Waals surface area contributed by atoms with Crippen LogP contribution in [0.25, 0.3) is 0 Å². The zero-order chi connectivity index (χ0) is 8.81. The summed E-state index contributed by atoms with van der Waals surface area (Å²) in [5, 5.41) is 0. The second-order valence-corrected chi connectivity index (χ2v) is 2.91. The Balaban J connectivity index is 2.29. The highest BCUT2D eigenvalue weighted by molar-refractivity contribution is 7.32. The van der Waals surface area contributed by atoms with E-state index in [-0.39, 0.29) is 0 Å². The number of hydrogen-bond donors (Lipinski definition) is 2. The van der Waals surface area contributed by atoms with Gasteiger partial charge in [0.05, 0.1) is 0 Å². The number of hydrogen-bond acceptors (Lipinski definition) is 3. The monoisotopic (exact) mass is 187 g/mol. The maximum absolute atomic E-state index is 10.1. The molecule has 1 unspecified atom stereocenters. The van der Waals surface area contributed by atoms with Crippen molar-refractivity contribution < 1.29 is 14.1 Å². The van der Waals surface area contributed by atoms with E-state index in [0.717, 1.165) is 5.56 Å². The van der Waals surface area contributed by atoms with Gasteiger partial charge in [-0.05, 0) is 5.56 Å². The minimum absolute atomic E-state index is 0.428. The minimum atomic E-state index is -2.87. The van der Waals surface area contributed by atoms with Crippen LogP contribution in [0.15, 0.2) is 30.3 Å². The average Bonchev–Trinajstić information content (AvgIpc) is 2.05. The van der Waals surface area contributed by atoms with E-state index in [2.05, 4.69) is 10.1 Å². The van der Waals surface area contributed by atoms with Crippen LogP contribution in [0.1, 0.15) is 5.56 Å². The fourth-order valence-electron chi connectivity index (χ4n) is 0.777. The summed E-state index contributed by atoms with van der Waals surface area (Å²) < 4.78 is 14.4. The lowest BCUT2D eigenvalue weighted by Crippen LogP contribution is -2.09. The highest BCUT2D eigenvalue weighted by atomic mass is 31.1. The third-order valence-corrected chi connectivity index (χ3v) is 1.60. The molecule has 1 aromatic rings. The molecule has 0 heterocycles. The van der Waals surface area contributed by atoms with E-state index in [0.29, 0.717) is 6.54 Å². The molecule has 0 radical (unpaired) electrons. The Kier molecular flexibility index (Phi) is 3.97. The van der Waals surface area contributed by atoms with Gasteiger partial charge in [-0.25, -0.2) is 4.62 Å². The molecular weight excluding hydrogens is 177 g/mol. The second kappa shape index (κ2) is 5.06.